The first-order valence-electron chi connectivity index (χ1n) is 35.0. The predicted molar refractivity (Wildman–Crippen MR) is 379 cm³/mol. The Morgan fingerprint density at radius 2 is 0.769 bits per heavy atom. The number of nitrogens with two attached hydrogens (primary N) is 4. The van der Waals surface area contributed by atoms with Crippen molar-refractivity contribution in [3.8, 4) is 0 Å². The number of rotatable bonds is 53. The van der Waals surface area contributed by atoms with Crippen LogP contribution in [-0.4, -0.2) is 250 Å². The zero-order chi connectivity index (χ0) is 83.0. The van der Waals surface area contributed by atoms with Crippen LogP contribution >= 0.6 is 0 Å². The van der Waals surface area contributed by atoms with Crippen LogP contribution in [0.2, 0.25) is 0 Å². The summed E-state index contributed by atoms with van der Waals surface area (Å²) in [5.74, 6) is -23.1. The van der Waals surface area contributed by atoms with Crippen molar-refractivity contribution < 1.29 is 116 Å². The van der Waals surface area contributed by atoms with Gasteiger partial charge in [0, 0.05) is 26.2 Å². The molecule has 0 rings (SSSR count). The molecule has 0 aromatic rings. The third-order valence-corrected chi connectivity index (χ3v) is 16.2. The molecular formula is C65H111N19O24. The molecule has 0 saturated heterocycles. The van der Waals surface area contributed by atoms with Crippen LogP contribution in [0.25, 0.3) is 0 Å². The quantitative estimate of drug-likeness (QED) is 0.0252. The first kappa shape index (κ1) is 97.3. The van der Waals surface area contributed by atoms with Crippen LogP contribution in [-0.2, 0) is 95.9 Å². The number of carboxylic acid groups (broad SMARTS) is 2. The number of unbranched alkanes of at least 4 members (excludes halogenated alkanes) is 1. The number of carboxylic acids is 2. The van der Waals surface area contributed by atoms with Crippen molar-refractivity contribution >= 4 is 118 Å². The van der Waals surface area contributed by atoms with Crippen LogP contribution < -0.4 is 103 Å². The number of aliphatic carboxylic acids is 2. The molecule has 0 fully saturated rings. The molecule has 0 bridgehead atoms. The number of aliphatic hydroxyl groups is 2. The number of carbonyl (C=O) groups excluding carboxylic acids is 18. The lowest BCUT2D eigenvalue weighted by Crippen LogP contribution is -2.62. The summed E-state index contributed by atoms with van der Waals surface area (Å²) in [6, 6.07) is -18.8. The lowest BCUT2D eigenvalue weighted by Gasteiger charge is -2.29. The molecule has 43 heteroatoms. The van der Waals surface area contributed by atoms with E-state index in [2.05, 4.69) is 79.8 Å². The van der Waals surface area contributed by atoms with Crippen LogP contribution in [0.3, 0.4) is 0 Å². The summed E-state index contributed by atoms with van der Waals surface area (Å²) >= 11 is 0. The van der Waals surface area contributed by atoms with Crippen molar-refractivity contribution in [3.63, 3.8) is 0 Å². The van der Waals surface area contributed by atoms with E-state index in [0.29, 0.717) is 6.42 Å². The predicted octanol–water partition coefficient (Wildman–Crippen LogP) is -9.55. The summed E-state index contributed by atoms with van der Waals surface area (Å²) in [6.45, 7) is 12.9. The molecule has 0 aromatic carbocycles. The van der Waals surface area contributed by atoms with Gasteiger partial charge in [0.2, 0.25) is 106 Å². The highest BCUT2D eigenvalue weighted by atomic mass is 16.4. The molecule has 0 heterocycles. The van der Waals surface area contributed by atoms with Gasteiger partial charge in [-0.3, -0.25) is 95.9 Å². The van der Waals surface area contributed by atoms with Crippen LogP contribution in [0.1, 0.15) is 153 Å². The molecule has 0 aliphatic heterocycles. The van der Waals surface area contributed by atoms with E-state index in [0.717, 1.165) is 13.8 Å². The summed E-state index contributed by atoms with van der Waals surface area (Å²) in [5, 5.41) is 74.6. The average molecular weight is 1540 g/mol. The van der Waals surface area contributed by atoms with Crippen molar-refractivity contribution in [1.82, 2.24) is 79.8 Å². The summed E-state index contributed by atoms with van der Waals surface area (Å²) in [4.78, 5) is 259. The highest BCUT2D eigenvalue weighted by Crippen LogP contribution is 2.13. The number of nitrogens with one attached hydrogen (secondary N) is 15. The van der Waals surface area contributed by atoms with Crippen LogP contribution in [0, 0.1) is 23.7 Å². The van der Waals surface area contributed by atoms with Gasteiger partial charge in [0.1, 0.15) is 72.5 Å². The Balaban J connectivity index is 6.33. The highest BCUT2D eigenvalue weighted by Gasteiger charge is 2.38. The molecule has 0 unspecified atom stereocenters. The van der Waals surface area contributed by atoms with Gasteiger partial charge in [-0.05, 0) is 89.0 Å². The van der Waals surface area contributed by atoms with Gasteiger partial charge in [0.25, 0.3) is 0 Å². The Bertz CT molecular complexity index is 3160. The molecule has 0 aliphatic carbocycles. The molecule has 0 spiro atoms. The summed E-state index contributed by atoms with van der Waals surface area (Å²) in [7, 11) is 0. The van der Waals surface area contributed by atoms with E-state index < -0.39 is 280 Å². The Hall–Kier alpha value is -10.7. The Morgan fingerprint density at radius 1 is 0.380 bits per heavy atom. The number of carbonyl (C=O) groups is 20. The van der Waals surface area contributed by atoms with Gasteiger partial charge in [0.15, 0.2) is 0 Å². The van der Waals surface area contributed by atoms with Crippen molar-refractivity contribution in [2.45, 2.75) is 232 Å². The van der Waals surface area contributed by atoms with Crippen molar-refractivity contribution in [2.24, 2.45) is 46.6 Å². The van der Waals surface area contributed by atoms with E-state index in [1.165, 1.54) is 34.6 Å². The topological polar surface area (TPSA) is 707 Å². The fourth-order valence-electron chi connectivity index (χ4n) is 9.96. The van der Waals surface area contributed by atoms with Crippen molar-refractivity contribution in [1.29, 1.82) is 0 Å². The molecule has 14 atom stereocenters. The second kappa shape index (κ2) is 50.0. The standard InChI is InChI=1S/C65H111N19O24/c1-12-32(8)52(54(69)97)83-61(104)40(23-29(2)3)76-46(91)26-72-63(106)53(34(10)86)84-62(105)42(28-85)80-64(107)51(31(6)7)82-65(108)50(30(4)5)81-47(92)27-70-55(98)33(9)73-57(100)36(15-13-14-22-66)77-59(102)38(17-20-48(93)94)79-60(103)39(18-21-49(95)96)78-58(101)37(16-19-43(67)88)75-45(90)25-71-56(99)41(24-44(68)89)74-35(11)87/h29-34,36-42,50-53,85-86H,12-28,66H2,1-11H3,(H2,67,88)(H2,68,89)(H2,69,97)(H,70,98)(H,71,99)(H,72,106)(H,73,100)(H,74,87)(H,75,90)(H,76,91)(H,77,102)(H,78,101)(H,79,103)(H,80,107)(H,81,92)(H,82,108)(H,83,104)(H,84,105)(H,93,94)(H,95,96)/t32-,33-,34+,36-,37-,38-,39-,40-,41-,42-,50-,51-,52-,53-/m0/s1. The fraction of sp³-hybridized carbons (Fsp3) is 0.692. The number of aliphatic hydroxyl groups excluding tert-OH is 2. The van der Waals surface area contributed by atoms with Gasteiger partial charge in [-0.2, -0.15) is 0 Å². The van der Waals surface area contributed by atoms with Gasteiger partial charge in [-0.15, -0.1) is 0 Å². The van der Waals surface area contributed by atoms with E-state index in [1.54, 1.807) is 27.7 Å². The van der Waals surface area contributed by atoms with Gasteiger partial charge in [0.05, 0.1) is 38.8 Å². The Kier molecular flexibility index (Phi) is 45.0. The van der Waals surface area contributed by atoms with Crippen LogP contribution in [0.15, 0.2) is 0 Å². The smallest absolute Gasteiger partial charge is 0.303 e. The fourth-order valence-corrected chi connectivity index (χ4v) is 9.96. The maximum Gasteiger partial charge on any atom is 0.303 e. The molecule has 0 saturated carbocycles. The number of amides is 18. The van der Waals surface area contributed by atoms with Gasteiger partial charge in [-0.25, -0.2) is 0 Å². The molecule has 610 valence electrons. The lowest BCUT2D eigenvalue weighted by molar-refractivity contribution is -0.140. The minimum atomic E-state index is -1.89. The van der Waals surface area contributed by atoms with E-state index in [1.807, 2.05) is 0 Å². The minimum Gasteiger partial charge on any atom is -0.481 e. The molecule has 0 aliphatic rings. The van der Waals surface area contributed by atoms with Crippen molar-refractivity contribution in [2.75, 3.05) is 32.8 Å². The maximum atomic E-state index is 14.1. The zero-order valence-corrected chi connectivity index (χ0v) is 62.6. The first-order valence-corrected chi connectivity index (χ1v) is 35.0. The summed E-state index contributed by atoms with van der Waals surface area (Å²) < 4.78 is 0. The van der Waals surface area contributed by atoms with Gasteiger partial charge >= 0.3 is 11.9 Å². The number of hydrogen-bond acceptors (Lipinski definition) is 23. The Morgan fingerprint density at radius 3 is 1.19 bits per heavy atom. The first-order chi connectivity index (χ1) is 50.3. The monoisotopic (exact) mass is 1540 g/mol. The normalized spacial score (nSPS) is 14.9. The number of primary amides is 3. The van der Waals surface area contributed by atoms with E-state index in [4.69, 9.17) is 22.9 Å². The zero-order valence-electron chi connectivity index (χ0n) is 62.6. The molecule has 108 heavy (non-hydrogen) atoms. The maximum absolute atomic E-state index is 14.1. The largest absolute Gasteiger partial charge is 0.481 e. The minimum absolute atomic E-state index is 0.101. The lowest BCUT2D eigenvalue weighted by atomic mass is 9.97. The molecular weight excluding hydrogens is 1430 g/mol. The molecule has 0 radical (unpaired) electrons. The molecule has 27 N–H and O–H groups in total. The van der Waals surface area contributed by atoms with Gasteiger partial charge < -0.3 is 123 Å². The molecule has 0 aromatic heterocycles. The third kappa shape index (κ3) is 38.5. The van der Waals surface area contributed by atoms with Crippen LogP contribution in [0.4, 0.5) is 0 Å². The van der Waals surface area contributed by atoms with Crippen LogP contribution in [0.5, 0.6) is 0 Å². The van der Waals surface area contributed by atoms with Gasteiger partial charge in [-0.1, -0.05) is 61.8 Å². The second-order valence-electron chi connectivity index (χ2n) is 26.8. The SMILES string of the molecule is CC[C@H](C)[C@H](NC(=O)[C@H](CC(C)C)NC(=O)CNC(=O)[C@@H](NC(=O)[C@H](CO)NC(=O)[C@@H](NC(=O)[C@@H](NC(=O)CNC(=O)[C@H](C)NC(=O)[C@H](CCCCN)NC(=O)[C@H](CCC(=O)O)NC(=O)[C@H](CCC(=O)O)NC(=O)[C@H](CCC(N)=O)NC(=O)CNC(=O)[C@H](CC(N)=O)NC(C)=O)C(C)C)C(C)C)[C@@H](C)O)C(N)=O. The van der Waals surface area contributed by atoms with E-state index >= 15 is 0 Å². The average Bonchev–Trinajstić information content (AvgIpc) is 0.858. The molecule has 18 amide bonds. The highest BCUT2D eigenvalue weighted by molar-refractivity contribution is 6.00. The number of hydrogen-bond donors (Lipinski definition) is 23. The second-order valence-corrected chi connectivity index (χ2v) is 26.8. The van der Waals surface area contributed by atoms with Crippen molar-refractivity contribution in [3.05, 3.63) is 0 Å². The summed E-state index contributed by atoms with van der Waals surface area (Å²) in [5.41, 5.74) is 21.6. The third-order valence-electron chi connectivity index (χ3n) is 16.2. The Labute approximate surface area is 623 Å². The van der Waals surface area contributed by atoms with E-state index in [9.17, 15) is 116 Å². The summed E-state index contributed by atoms with van der Waals surface area (Å²) in [6.07, 6.45) is -5.59. The molecule has 43 nitrogen and oxygen atoms in total. The van der Waals surface area contributed by atoms with E-state index in [-0.39, 0.29) is 44.1 Å².